The van der Waals surface area contributed by atoms with Gasteiger partial charge in [-0.3, -0.25) is 0 Å². The molecule has 6 heteroatoms. The summed E-state index contributed by atoms with van der Waals surface area (Å²) < 4.78 is 0. The predicted octanol–water partition coefficient (Wildman–Crippen LogP) is 23.6. The molecule has 0 bridgehead atoms. The van der Waals surface area contributed by atoms with Crippen molar-refractivity contribution in [3.05, 3.63) is 0 Å². The number of rotatable bonds is 24. The van der Waals surface area contributed by atoms with E-state index in [9.17, 15) is 28.8 Å². The van der Waals surface area contributed by atoms with E-state index in [1.165, 1.54) is 154 Å². The Morgan fingerprint density at radius 1 is 0.375 bits per heavy atom. The highest BCUT2D eigenvalue weighted by Crippen LogP contribution is 2.51. The molecule has 14 atom stereocenters. The van der Waals surface area contributed by atoms with Gasteiger partial charge in [0.15, 0.2) is 0 Å². The lowest BCUT2D eigenvalue weighted by Crippen LogP contribution is -2.42. The molecule has 6 fully saturated rings. The molecule has 0 radical (unpaired) electrons. The molecular weight excluding hydrogens is 1080 g/mol. The standard InChI is InChI=1S/C16H30O.2C14H26O.2C13H24O.C12H22O/c1-12(2)13-8-7-9-14(10-13)16(5,6)15(3,4)11-17;1-11(2)13-7-5-6-12(8-13)9-14(3,4)10-15;1-11(2)12-6-5-7-13(10-12)14(3,4)8-9-15;1-10(2)13-6-4-5-12(8-13)7-11(3)9-14;1-10(2)12-5-4-6-13(9-12)11(3)7-8-14;1-10(2)12-7-3-5-11(9-12)6-4-8-13/h11-14H,7-10H2,1-6H3;10-13H,5-9H2,1-4H3;9,11-13H,5-8,10H2,1-4H3;9-13H,4-8H2,1-3H3;8,10-13H,4-7,9H2,1-3H3;8,10-12H,3-7,9H2,1-2H3. The Kier molecular flexibility index (Phi) is 41.1. The van der Waals surface area contributed by atoms with Crippen molar-refractivity contribution in [2.75, 3.05) is 0 Å². The zero-order chi connectivity index (χ0) is 67.0. The third kappa shape index (κ3) is 31.8. The van der Waals surface area contributed by atoms with E-state index in [4.69, 9.17) is 0 Å². The molecule has 0 aromatic heterocycles. The van der Waals surface area contributed by atoms with Crippen LogP contribution in [0.15, 0.2) is 0 Å². The fourth-order valence-corrected chi connectivity index (χ4v) is 17.0. The van der Waals surface area contributed by atoms with Crippen molar-refractivity contribution in [3.63, 3.8) is 0 Å². The predicted molar refractivity (Wildman–Crippen MR) is 379 cm³/mol. The van der Waals surface area contributed by atoms with Crippen LogP contribution >= 0.6 is 0 Å². The van der Waals surface area contributed by atoms with Crippen LogP contribution < -0.4 is 0 Å². The lowest BCUT2D eigenvalue weighted by Gasteiger charge is -2.47. The first-order valence-corrected chi connectivity index (χ1v) is 37.8. The first-order valence-electron chi connectivity index (χ1n) is 37.8. The maximum absolute atomic E-state index is 11.3. The fraction of sp³-hybridized carbons (Fsp3) is 0.927. The summed E-state index contributed by atoms with van der Waals surface area (Å²) in [4.78, 5) is 64.3. The topological polar surface area (TPSA) is 102 Å². The maximum Gasteiger partial charge on any atom is 0.126 e. The summed E-state index contributed by atoms with van der Waals surface area (Å²) in [5.74, 6) is 15.8. The van der Waals surface area contributed by atoms with Crippen LogP contribution in [0.1, 0.15) is 345 Å². The highest BCUT2D eigenvalue weighted by atomic mass is 16.1. The van der Waals surface area contributed by atoms with Crippen molar-refractivity contribution in [1.29, 1.82) is 0 Å². The first-order chi connectivity index (χ1) is 41.1. The number of carbonyl (C=O) groups excluding carboxylic acids is 6. The SMILES string of the molecule is CC(C)C1CCCC(C(C)(C)C(C)(C)C=O)C1.CC(C)C1CCCC(C(C)(C)CC=O)C1.CC(C)C1CCCC(C(C)CC=O)C1.CC(C)C1CCCC(CC(C)(C)C=O)C1.CC(C)C1CCCC(CCC=O)C1.CC(C=O)CC1CCCC(C(C)C)C1. The minimum absolute atomic E-state index is 0.108. The summed E-state index contributed by atoms with van der Waals surface area (Å²) in [6.07, 6.45) is 44.9. The molecule has 0 aliphatic heterocycles. The van der Waals surface area contributed by atoms with E-state index in [2.05, 4.69) is 145 Å². The van der Waals surface area contributed by atoms with Gasteiger partial charge in [-0.2, -0.15) is 0 Å². The molecule has 0 spiro atoms. The van der Waals surface area contributed by atoms with Crippen molar-refractivity contribution in [2.45, 2.75) is 345 Å². The molecular formula is C82H152O6. The van der Waals surface area contributed by atoms with Crippen molar-refractivity contribution in [2.24, 2.45) is 140 Å². The Morgan fingerprint density at radius 3 is 1.17 bits per heavy atom. The van der Waals surface area contributed by atoms with Crippen LogP contribution in [-0.2, 0) is 28.8 Å². The molecule has 6 nitrogen and oxygen atoms in total. The molecule has 0 saturated heterocycles. The lowest BCUT2D eigenvalue weighted by atomic mass is 9.56. The fourth-order valence-electron chi connectivity index (χ4n) is 17.0. The van der Waals surface area contributed by atoms with Crippen molar-refractivity contribution in [1.82, 2.24) is 0 Å². The van der Waals surface area contributed by atoms with Crippen molar-refractivity contribution in [3.8, 4) is 0 Å². The Balaban J connectivity index is 0.000000529. The molecule has 0 heterocycles. The minimum atomic E-state index is -0.212. The van der Waals surface area contributed by atoms with Gasteiger partial charge in [0.2, 0.25) is 0 Å². The van der Waals surface area contributed by atoms with Crippen molar-refractivity contribution >= 4 is 37.7 Å². The Labute approximate surface area is 548 Å². The van der Waals surface area contributed by atoms with Crippen molar-refractivity contribution < 1.29 is 28.8 Å². The maximum atomic E-state index is 11.3. The lowest BCUT2D eigenvalue weighted by molar-refractivity contribution is -0.124. The molecule has 6 rings (SSSR count). The summed E-state index contributed by atoms with van der Waals surface area (Å²) in [7, 11) is 0. The monoisotopic (exact) mass is 1230 g/mol. The number of hydrogen-bond acceptors (Lipinski definition) is 6. The van der Waals surface area contributed by atoms with Crippen LogP contribution in [-0.4, -0.2) is 37.7 Å². The Bertz CT molecular complexity index is 1850. The zero-order valence-electron chi connectivity index (χ0n) is 62.7. The molecule has 0 aromatic rings. The molecule has 6 saturated carbocycles. The van der Waals surface area contributed by atoms with Gasteiger partial charge >= 0.3 is 0 Å². The smallest absolute Gasteiger partial charge is 0.126 e. The van der Waals surface area contributed by atoms with E-state index in [1.807, 2.05) is 6.92 Å². The summed E-state index contributed by atoms with van der Waals surface area (Å²) >= 11 is 0. The average molecular weight is 1230 g/mol. The molecule has 0 N–H and O–H groups in total. The van der Waals surface area contributed by atoms with Gasteiger partial charge in [-0.1, -0.05) is 255 Å². The third-order valence-electron chi connectivity index (χ3n) is 25.0. The number of carbonyl (C=O) groups is 6. The minimum Gasteiger partial charge on any atom is -0.303 e. The quantitative estimate of drug-likeness (QED) is 0.0892. The first kappa shape index (κ1) is 84.0. The van der Waals surface area contributed by atoms with Gasteiger partial charge in [-0.25, -0.2) is 0 Å². The highest BCUT2D eigenvalue weighted by molar-refractivity contribution is 5.59. The van der Waals surface area contributed by atoms with Crippen LogP contribution in [0, 0.1) is 140 Å². The van der Waals surface area contributed by atoms with Gasteiger partial charge in [0.05, 0.1) is 0 Å². The Morgan fingerprint density at radius 2 is 0.750 bits per heavy atom. The Hall–Kier alpha value is -1.98. The van der Waals surface area contributed by atoms with E-state index < -0.39 is 0 Å². The summed E-state index contributed by atoms with van der Waals surface area (Å²) in [6.45, 7) is 49.7. The molecule has 0 aromatic carbocycles. The zero-order valence-corrected chi connectivity index (χ0v) is 62.7. The molecule has 6 aliphatic rings. The van der Waals surface area contributed by atoms with E-state index in [-0.39, 0.29) is 27.6 Å². The van der Waals surface area contributed by atoms with E-state index in [0.29, 0.717) is 11.8 Å². The van der Waals surface area contributed by atoms with Gasteiger partial charge in [-0.05, 0) is 194 Å². The van der Waals surface area contributed by atoms with E-state index in [1.54, 1.807) is 0 Å². The summed E-state index contributed by atoms with van der Waals surface area (Å²) in [5, 5.41) is 0. The van der Waals surface area contributed by atoms with E-state index >= 15 is 0 Å². The van der Waals surface area contributed by atoms with Crippen LogP contribution in [0.2, 0.25) is 0 Å². The second kappa shape index (κ2) is 43.1. The van der Waals surface area contributed by atoms with Gasteiger partial charge in [0.25, 0.3) is 0 Å². The largest absolute Gasteiger partial charge is 0.303 e. The molecule has 88 heavy (non-hydrogen) atoms. The molecule has 516 valence electrons. The van der Waals surface area contributed by atoms with Crippen LogP contribution in [0.3, 0.4) is 0 Å². The summed E-state index contributed by atoms with van der Waals surface area (Å²) in [5.41, 5.74) is 0.0116. The van der Waals surface area contributed by atoms with Gasteiger partial charge < -0.3 is 28.8 Å². The molecule has 0 amide bonds. The van der Waals surface area contributed by atoms with Crippen LogP contribution in [0.5, 0.6) is 0 Å². The highest BCUT2D eigenvalue weighted by Gasteiger charge is 2.45. The summed E-state index contributed by atoms with van der Waals surface area (Å²) in [6, 6.07) is 0. The van der Waals surface area contributed by atoms with Crippen LogP contribution in [0.25, 0.3) is 0 Å². The molecule has 6 aliphatic carbocycles. The normalized spacial score (nSPS) is 28.8. The van der Waals surface area contributed by atoms with E-state index in [0.717, 1.165) is 177 Å². The third-order valence-corrected chi connectivity index (χ3v) is 25.0. The second-order valence-electron chi connectivity index (χ2n) is 35.5. The van der Waals surface area contributed by atoms with Crippen LogP contribution in [0.4, 0.5) is 0 Å². The average Bonchev–Trinajstić information content (AvgIpc) is 1.58. The van der Waals surface area contributed by atoms with Gasteiger partial charge in [-0.15, -0.1) is 0 Å². The number of aldehydes is 6. The number of hydrogen-bond donors (Lipinski definition) is 0. The second-order valence-corrected chi connectivity index (χ2v) is 35.5. The van der Waals surface area contributed by atoms with Gasteiger partial charge in [0.1, 0.15) is 37.7 Å². The molecule has 14 unspecified atom stereocenters. The van der Waals surface area contributed by atoms with Gasteiger partial charge in [0, 0.05) is 36.0 Å².